The highest BCUT2D eigenvalue weighted by molar-refractivity contribution is 5.45. The summed E-state index contributed by atoms with van der Waals surface area (Å²) in [4.78, 5) is 9.43. The van der Waals surface area contributed by atoms with E-state index in [9.17, 15) is 23.3 Å². The molecule has 0 aliphatic carbocycles. The Morgan fingerprint density at radius 2 is 2.00 bits per heavy atom. The third kappa shape index (κ3) is 2.45. The van der Waals surface area contributed by atoms with Crippen LogP contribution in [0.3, 0.4) is 0 Å². The Labute approximate surface area is 83.7 Å². The summed E-state index contributed by atoms with van der Waals surface area (Å²) in [6.07, 6.45) is -4.23. The molecule has 0 fully saturated rings. The molecule has 3 nitrogen and oxygen atoms in total. The van der Waals surface area contributed by atoms with Gasteiger partial charge in [-0.05, 0) is 18.1 Å². The second-order valence-electron chi connectivity index (χ2n) is 2.96. The molecule has 1 rings (SSSR count). The Hall–Kier alpha value is -1.59. The smallest absolute Gasteiger partial charge is 0.258 e. The van der Waals surface area contributed by atoms with Crippen LogP contribution in [-0.2, 0) is 12.6 Å². The molecule has 0 unspecified atom stereocenters. The third-order valence-electron chi connectivity index (χ3n) is 1.97. The van der Waals surface area contributed by atoms with Gasteiger partial charge in [0.2, 0.25) is 0 Å². The summed E-state index contributed by atoms with van der Waals surface area (Å²) in [5, 5.41) is 10.4. The highest BCUT2D eigenvalue weighted by Gasteiger charge is 2.37. The molecule has 0 bridgehead atoms. The van der Waals surface area contributed by atoms with Crippen molar-refractivity contribution in [1.29, 1.82) is 0 Å². The molecule has 0 saturated carbocycles. The molecule has 0 amide bonds. The number of rotatable bonds is 2. The van der Waals surface area contributed by atoms with Gasteiger partial charge in [0.25, 0.3) is 5.69 Å². The second kappa shape index (κ2) is 3.88. The van der Waals surface area contributed by atoms with E-state index in [1.807, 2.05) is 0 Å². The molecule has 15 heavy (non-hydrogen) atoms. The molecule has 6 heteroatoms. The zero-order valence-corrected chi connectivity index (χ0v) is 7.84. The van der Waals surface area contributed by atoms with Gasteiger partial charge in [-0.1, -0.05) is 13.0 Å². The Balaban J connectivity index is 3.34. The van der Waals surface area contributed by atoms with E-state index in [1.54, 1.807) is 6.92 Å². The Morgan fingerprint density at radius 1 is 1.40 bits per heavy atom. The predicted molar refractivity (Wildman–Crippen MR) is 47.5 cm³/mol. The van der Waals surface area contributed by atoms with Crippen molar-refractivity contribution in [3.8, 4) is 0 Å². The van der Waals surface area contributed by atoms with Crippen molar-refractivity contribution in [2.24, 2.45) is 0 Å². The molecule has 0 radical (unpaired) electrons. The fraction of sp³-hybridized carbons (Fsp3) is 0.333. The van der Waals surface area contributed by atoms with Gasteiger partial charge in [0, 0.05) is 6.07 Å². The van der Waals surface area contributed by atoms with Crippen molar-refractivity contribution in [3.05, 3.63) is 39.4 Å². The molecule has 0 aliphatic heterocycles. The Bertz CT molecular complexity index is 387. The molecule has 0 spiro atoms. The Kier molecular flexibility index (Phi) is 2.97. The SMILES string of the molecule is CCc1ccc(C(F)(F)F)c([N+](=O)[O-])c1. The van der Waals surface area contributed by atoms with E-state index < -0.39 is 22.4 Å². The molecule has 0 heterocycles. The number of aryl methyl sites for hydroxylation is 1. The fourth-order valence-electron chi connectivity index (χ4n) is 1.19. The molecule has 1 aromatic rings. The molecule has 1 aromatic carbocycles. The maximum absolute atomic E-state index is 12.3. The third-order valence-corrected chi connectivity index (χ3v) is 1.97. The van der Waals surface area contributed by atoms with E-state index in [0.717, 1.165) is 12.1 Å². The number of hydrogen-bond acceptors (Lipinski definition) is 2. The normalized spacial score (nSPS) is 11.5. The van der Waals surface area contributed by atoms with Crippen molar-refractivity contribution in [2.45, 2.75) is 19.5 Å². The first-order valence-corrected chi connectivity index (χ1v) is 4.20. The summed E-state index contributed by atoms with van der Waals surface area (Å²) in [7, 11) is 0. The summed E-state index contributed by atoms with van der Waals surface area (Å²) < 4.78 is 37.0. The first-order chi connectivity index (χ1) is 6.86. The average Bonchev–Trinajstić information content (AvgIpc) is 2.15. The maximum Gasteiger partial charge on any atom is 0.422 e. The largest absolute Gasteiger partial charge is 0.422 e. The van der Waals surface area contributed by atoms with Crippen molar-refractivity contribution in [2.75, 3.05) is 0 Å². The molecular weight excluding hydrogens is 211 g/mol. The van der Waals surface area contributed by atoms with Crippen LogP contribution in [0.2, 0.25) is 0 Å². The first kappa shape index (κ1) is 11.5. The van der Waals surface area contributed by atoms with Gasteiger partial charge in [0.05, 0.1) is 4.92 Å². The van der Waals surface area contributed by atoms with Gasteiger partial charge in [0.15, 0.2) is 0 Å². The quantitative estimate of drug-likeness (QED) is 0.566. The van der Waals surface area contributed by atoms with Gasteiger partial charge in [-0.3, -0.25) is 10.1 Å². The maximum atomic E-state index is 12.3. The highest BCUT2D eigenvalue weighted by atomic mass is 19.4. The highest BCUT2D eigenvalue weighted by Crippen LogP contribution is 2.36. The molecule has 82 valence electrons. The molecular formula is C9H8F3NO2. The lowest BCUT2D eigenvalue weighted by molar-refractivity contribution is -0.388. The van der Waals surface area contributed by atoms with Gasteiger partial charge in [-0.2, -0.15) is 13.2 Å². The lowest BCUT2D eigenvalue weighted by Crippen LogP contribution is -2.09. The fourth-order valence-corrected chi connectivity index (χ4v) is 1.19. The number of hydrogen-bond donors (Lipinski definition) is 0. The van der Waals surface area contributed by atoms with Gasteiger partial charge >= 0.3 is 6.18 Å². The molecule has 0 atom stereocenters. The van der Waals surface area contributed by atoms with Crippen molar-refractivity contribution in [3.63, 3.8) is 0 Å². The van der Waals surface area contributed by atoms with Crippen molar-refractivity contribution in [1.82, 2.24) is 0 Å². The second-order valence-corrected chi connectivity index (χ2v) is 2.96. The van der Waals surface area contributed by atoms with Crippen LogP contribution in [0.25, 0.3) is 0 Å². The number of halogens is 3. The van der Waals surface area contributed by atoms with E-state index in [4.69, 9.17) is 0 Å². The van der Waals surface area contributed by atoms with Crippen LogP contribution in [0.4, 0.5) is 18.9 Å². The topological polar surface area (TPSA) is 43.1 Å². The van der Waals surface area contributed by atoms with E-state index >= 15 is 0 Å². The summed E-state index contributed by atoms with van der Waals surface area (Å²) in [6, 6.07) is 2.95. The summed E-state index contributed by atoms with van der Waals surface area (Å²) >= 11 is 0. The minimum absolute atomic E-state index is 0.457. The lowest BCUT2D eigenvalue weighted by atomic mass is 10.1. The zero-order valence-electron chi connectivity index (χ0n) is 7.84. The standard InChI is InChI=1S/C9H8F3NO2/c1-2-6-3-4-7(9(10,11)12)8(5-6)13(14)15/h3-5H,2H2,1H3. The predicted octanol–water partition coefficient (Wildman–Crippen LogP) is 3.18. The van der Waals surface area contributed by atoms with Gasteiger partial charge < -0.3 is 0 Å². The lowest BCUT2D eigenvalue weighted by Gasteiger charge is -2.07. The Morgan fingerprint density at radius 3 is 2.40 bits per heavy atom. The van der Waals surface area contributed by atoms with E-state index in [2.05, 4.69) is 0 Å². The van der Waals surface area contributed by atoms with Crippen LogP contribution in [-0.4, -0.2) is 4.92 Å². The number of nitrogens with zero attached hydrogens (tertiary/aromatic N) is 1. The van der Waals surface area contributed by atoms with Crippen LogP contribution < -0.4 is 0 Å². The van der Waals surface area contributed by atoms with Gasteiger partial charge in [0.1, 0.15) is 5.56 Å². The monoisotopic (exact) mass is 219 g/mol. The first-order valence-electron chi connectivity index (χ1n) is 4.20. The minimum Gasteiger partial charge on any atom is -0.258 e. The zero-order chi connectivity index (χ0) is 11.6. The van der Waals surface area contributed by atoms with Gasteiger partial charge in [-0.15, -0.1) is 0 Å². The summed E-state index contributed by atoms with van der Waals surface area (Å²) in [5.74, 6) is 0. The summed E-state index contributed by atoms with van der Waals surface area (Å²) in [5.41, 5.74) is -1.58. The van der Waals surface area contributed by atoms with Crippen LogP contribution in [0.5, 0.6) is 0 Å². The number of alkyl halides is 3. The minimum atomic E-state index is -4.69. The molecule has 0 saturated heterocycles. The summed E-state index contributed by atoms with van der Waals surface area (Å²) in [6.45, 7) is 1.71. The molecule has 0 N–H and O–H groups in total. The van der Waals surface area contributed by atoms with Crippen LogP contribution in [0.1, 0.15) is 18.1 Å². The van der Waals surface area contributed by atoms with Crippen molar-refractivity contribution >= 4 is 5.69 Å². The number of nitro groups is 1. The molecule has 0 aliphatic rings. The van der Waals surface area contributed by atoms with E-state index in [-0.39, 0.29) is 0 Å². The van der Waals surface area contributed by atoms with Crippen LogP contribution in [0.15, 0.2) is 18.2 Å². The van der Waals surface area contributed by atoms with Crippen molar-refractivity contribution < 1.29 is 18.1 Å². The van der Waals surface area contributed by atoms with Gasteiger partial charge in [-0.25, -0.2) is 0 Å². The average molecular weight is 219 g/mol. The van der Waals surface area contributed by atoms with Crippen LogP contribution in [0, 0.1) is 10.1 Å². The van der Waals surface area contributed by atoms with Crippen LogP contribution >= 0.6 is 0 Å². The number of benzene rings is 1. The number of nitro benzene ring substituents is 1. The van der Waals surface area contributed by atoms with E-state index in [1.165, 1.54) is 6.07 Å². The molecule has 0 aromatic heterocycles. The van der Waals surface area contributed by atoms with E-state index in [0.29, 0.717) is 12.0 Å².